The van der Waals surface area contributed by atoms with Crippen molar-refractivity contribution in [1.29, 1.82) is 0 Å². The van der Waals surface area contributed by atoms with Crippen LogP contribution in [-0.2, 0) is 19.2 Å². The van der Waals surface area contributed by atoms with Gasteiger partial charge in [-0.15, -0.1) is 23.1 Å². The van der Waals surface area contributed by atoms with E-state index in [0.29, 0.717) is 35.4 Å². The van der Waals surface area contributed by atoms with Gasteiger partial charge in [-0.05, 0) is 0 Å². The Labute approximate surface area is 215 Å². The molecule has 196 valence electrons. The summed E-state index contributed by atoms with van der Waals surface area (Å²) < 4.78 is 0.434. The minimum absolute atomic E-state index is 0.0594. The number of nitrogens with zero attached hydrogens (tertiary/aromatic N) is 4. The number of anilines is 1. The minimum Gasteiger partial charge on any atom is -0.543 e. The number of carboxylic acid groups (broad SMARTS) is 1. The number of carboxylic acids is 1. The van der Waals surface area contributed by atoms with Gasteiger partial charge >= 0.3 is 0 Å². The summed E-state index contributed by atoms with van der Waals surface area (Å²) >= 11 is 2.46. The standard InChI is InChI=1S/C21H28N6O7S2/c1-27(3-10(6-28)11(4-27)7-29)5-12-8-35-19-15(18(31)26(19)16(12)20(32)33)24-17(30)14(25-34-2)13-9-36-21(22)23-13/h9-11,15,19,28-29H,3-8H2,1-2H3,(H3-,22,23,24,30,32,33)/b25-14-/t10?,11?,15-,19-,27?/m1/s1. The Morgan fingerprint density at radius 1 is 1.36 bits per heavy atom. The van der Waals surface area contributed by atoms with Crippen LogP contribution < -0.4 is 16.2 Å². The van der Waals surface area contributed by atoms with Gasteiger partial charge in [0, 0.05) is 28.5 Å². The topological polar surface area (TPSA) is 190 Å². The van der Waals surface area contributed by atoms with E-state index < -0.39 is 29.2 Å². The normalized spacial score (nSPS) is 30.2. The number of oxime groups is 1. The quantitative estimate of drug-likeness (QED) is 0.110. The molecule has 2 saturated heterocycles. The summed E-state index contributed by atoms with van der Waals surface area (Å²) in [6, 6.07) is -0.967. The first-order valence-corrected chi connectivity index (χ1v) is 13.1. The second-order valence-electron chi connectivity index (χ2n) is 9.32. The van der Waals surface area contributed by atoms with Crippen LogP contribution in [0.15, 0.2) is 21.8 Å². The molecule has 15 heteroatoms. The van der Waals surface area contributed by atoms with Gasteiger partial charge in [-0.1, -0.05) is 5.16 Å². The number of hydrogen-bond donors (Lipinski definition) is 4. The smallest absolute Gasteiger partial charge is 0.276 e. The number of nitrogens with one attached hydrogen (secondary N) is 1. The van der Waals surface area contributed by atoms with E-state index in [1.807, 2.05) is 7.05 Å². The first kappa shape index (κ1) is 26.3. The summed E-state index contributed by atoms with van der Waals surface area (Å²) in [5.41, 5.74) is 6.04. The number of aliphatic carboxylic acids is 1. The van der Waals surface area contributed by atoms with Crippen molar-refractivity contribution < 1.29 is 39.0 Å². The molecule has 1 aromatic rings. The van der Waals surface area contributed by atoms with E-state index in [1.54, 1.807) is 0 Å². The van der Waals surface area contributed by atoms with Crippen molar-refractivity contribution >= 4 is 51.7 Å². The van der Waals surface area contributed by atoms with Crippen LogP contribution >= 0.6 is 23.1 Å². The van der Waals surface area contributed by atoms with Gasteiger partial charge < -0.3 is 40.5 Å². The highest BCUT2D eigenvalue weighted by Gasteiger charge is 2.54. The molecule has 13 nitrogen and oxygen atoms in total. The number of thiazole rings is 1. The summed E-state index contributed by atoms with van der Waals surface area (Å²) in [6.07, 6.45) is 0. The SMILES string of the molecule is CO/N=C(\C(=O)N[C@@H]1C(=O)N2C(C(=O)[O-])=C(C[N+]3(C)CC(CO)C(CO)C3)CS[C@H]12)c1csc(N)n1. The van der Waals surface area contributed by atoms with Gasteiger partial charge in [-0.3, -0.25) is 14.5 Å². The number of likely N-dealkylation sites (tertiary alicyclic amines) is 1. The molecule has 4 heterocycles. The largest absolute Gasteiger partial charge is 0.543 e. The number of quaternary nitrogens is 1. The van der Waals surface area contributed by atoms with Crippen molar-refractivity contribution in [2.45, 2.75) is 11.4 Å². The molecule has 0 bridgehead atoms. The van der Waals surface area contributed by atoms with Crippen molar-refractivity contribution in [2.75, 3.05) is 58.5 Å². The molecular formula is C21H28N6O7S2. The third kappa shape index (κ3) is 4.80. The average Bonchev–Trinajstić information content (AvgIpc) is 3.42. The maximum Gasteiger partial charge on any atom is 0.276 e. The number of β-lactam (4-membered cyclic amide) rings is 1. The second kappa shape index (κ2) is 10.3. The van der Waals surface area contributed by atoms with Crippen molar-refractivity contribution in [2.24, 2.45) is 17.0 Å². The Morgan fingerprint density at radius 2 is 2.03 bits per heavy atom. The minimum atomic E-state index is -1.46. The molecule has 4 rings (SSSR count). The van der Waals surface area contributed by atoms with Crippen LogP contribution in [-0.4, -0.2) is 112 Å². The van der Waals surface area contributed by atoms with Crippen LogP contribution in [0.4, 0.5) is 5.13 Å². The van der Waals surface area contributed by atoms with E-state index in [2.05, 4.69) is 15.5 Å². The highest BCUT2D eigenvalue weighted by atomic mass is 32.2. The number of rotatable bonds is 9. The number of fused-ring (bicyclic) bond motifs is 1. The highest BCUT2D eigenvalue weighted by Crippen LogP contribution is 2.41. The molecule has 0 spiro atoms. The van der Waals surface area contributed by atoms with E-state index in [4.69, 9.17) is 10.6 Å². The maximum atomic E-state index is 13.0. The van der Waals surface area contributed by atoms with Gasteiger partial charge in [0.15, 0.2) is 10.8 Å². The second-order valence-corrected chi connectivity index (χ2v) is 11.3. The number of carbonyl (C=O) groups excluding carboxylic acids is 3. The number of thioether (sulfide) groups is 1. The fourth-order valence-corrected chi connectivity index (χ4v) is 7.09. The van der Waals surface area contributed by atoms with Gasteiger partial charge in [0.2, 0.25) is 0 Å². The molecule has 5 N–H and O–H groups in total. The van der Waals surface area contributed by atoms with Gasteiger partial charge in [-0.2, -0.15) is 0 Å². The molecule has 0 aromatic carbocycles. The zero-order valence-electron chi connectivity index (χ0n) is 19.7. The lowest BCUT2D eigenvalue weighted by molar-refractivity contribution is -0.895. The van der Waals surface area contributed by atoms with Crippen LogP contribution in [0.25, 0.3) is 0 Å². The Morgan fingerprint density at radius 3 is 2.56 bits per heavy atom. The predicted molar refractivity (Wildman–Crippen MR) is 129 cm³/mol. The number of amides is 2. The molecular weight excluding hydrogens is 512 g/mol. The fraction of sp³-hybridized carbons (Fsp3) is 0.571. The van der Waals surface area contributed by atoms with E-state index >= 15 is 0 Å². The van der Waals surface area contributed by atoms with Gasteiger partial charge in [0.1, 0.15) is 30.8 Å². The number of aliphatic hydroxyl groups is 2. The van der Waals surface area contributed by atoms with Crippen LogP contribution in [0.5, 0.6) is 0 Å². The Bertz CT molecular complexity index is 1110. The highest BCUT2D eigenvalue weighted by molar-refractivity contribution is 8.00. The van der Waals surface area contributed by atoms with Crippen LogP contribution in [0.3, 0.4) is 0 Å². The molecule has 2 fully saturated rings. The van der Waals surface area contributed by atoms with E-state index in [-0.39, 0.29) is 47.3 Å². The fourth-order valence-electron chi connectivity index (χ4n) is 5.20. The molecule has 36 heavy (non-hydrogen) atoms. The molecule has 3 aliphatic rings. The molecule has 2 amide bonds. The molecule has 0 saturated carbocycles. The van der Waals surface area contributed by atoms with E-state index in [1.165, 1.54) is 24.3 Å². The number of likely N-dealkylation sites (N-methyl/N-ethyl adjacent to an activating group) is 1. The Kier molecular flexibility index (Phi) is 7.56. The summed E-state index contributed by atoms with van der Waals surface area (Å²) in [7, 11) is 3.21. The first-order chi connectivity index (χ1) is 17.1. The lowest BCUT2D eigenvalue weighted by atomic mass is 9.98. The molecule has 0 radical (unpaired) electrons. The maximum absolute atomic E-state index is 13.0. The molecule has 3 aliphatic heterocycles. The number of aromatic nitrogens is 1. The molecule has 0 aliphatic carbocycles. The van der Waals surface area contributed by atoms with Crippen molar-refractivity contribution in [3.8, 4) is 0 Å². The predicted octanol–water partition coefficient (Wildman–Crippen LogP) is -2.84. The summed E-state index contributed by atoms with van der Waals surface area (Å²) in [6.45, 7) is 1.38. The van der Waals surface area contributed by atoms with E-state index in [9.17, 15) is 29.7 Å². The average molecular weight is 541 g/mol. The summed E-state index contributed by atoms with van der Waals surface area (Å²) in [5.74, 6) is -2.58. The molecule has 1 aromatic heterocycles. The lowest BCUT2D eigenvalue weighted by Gasteiger charge is -2.51. The monoisotopic (exact) mass is 540 g/mol. The third-order valence-electron chi connectivity index (χ3n) is 6.75. The summed E-state index contributed by atoms with van der Waals surface area (Å²) in [4.78, 5) is 48.0. The number of nitrogens with two attached hydrogens (primary N) is 1. The van der Waals surface area contributed by atoms with Crippen molar-refractivity contribution in [3.05, 3.63) is 22.3 Å². The lowest BCUT2D eigenvalue weighted by Crippen LogP contribution is -2.71. The number of aliphatic hydroxyl groups excluding tert-OH is 2. The van der Waals surface area contributed by atoms with Crippen LogP contribution in [0, 0.1) is 11.8 Å². The van der Waals surface area contributed by atoms with Crippen LogP contribution in [0.1, 0.15) is 5.69 Å². The molecule has 2 unspecified atom stereocenters. The van der Waals surface area contributed by atoms with Crippen LogP contribution in [0.2, 0.25) is 0 Å². The van der Waals surface area contributed by atoms with Gasteiger partial charge in [0.05, 0.1) is 45.0 Å². The van der Waals surface area contributed by atoms with Gasteiger partial charge in [-0.25, -0.2) is 4.98 Å². The number of nitrogen functional groups attached to an aromatic ring is 1. The molecule has 4 atom stereocenters. The number of carbonyl (C=O) groups is 3. The van der Waals surface area contributed by atoms with Crippen molar-refractivity contribution in [3.63, 3.8) is 0 Å². The van der Waals surface area contributed by atoms with Gasteiger partial charge in [0.25, 0.3) is 11.8 Å². The zero-order valence-corrected chi connectivity index (χ0v) is 21.4. The zero-order chi connectivity index (χ0) is 26.2. The first-order valence-electron chi connectivity index (χ1n) is 11.2. The Hall–Kier alpha value is -2.72. The summed E-state index contributed by atoms with van der Waals surface area (Å²) in [5, 5.41) is 38.9. The van der Waals surface area contributed by atoms with E-state index in [0.717, 1.165) is 16.2 Å². The third-order valence-corrected chi connectivity index (χ3v) is 8.76. The van der Waals surface area contributed by atoms with Crippen molar-refractivity contribution in [1.82, 2.24) is 15.2 Å². The Balaban J connectivity index is 1.51. The number of hydrogen-bond acceptors (Lipinski definition) is 12.